The maximum atomic E-state index is 12.6. The summed E-state index contributed by atoms with van der Waals surface area (Å²) in [7, 11) is 0. The van der Waals surface area contributed by atoms with Crippen LogP contribution in [-0.4, -0.2) is 15.8 Å². The number of H-pyrrole nitrogens is 1. The van der Waals surface area contributed by atoms with E-state index in [-0.39, 0.29) is 11.3 Å². The molecule has 3 rings (SSSR count). The number of amides is 1. The number of carbonyl (C=O) groups excluding carboxylic acids is 1. The molecule has 126 valence electrons. The number of hydrogen-bond acceptors (Lipinski definition) is 4. The fraction of sp³-hybridized carbons (Fsp3) is 0.111. The molecular weight excluding hydrogens is 322 g/mol. The maximum Gasteiger partial charge on any atom is 0.270 e. The molecule has 0 spiro atoms. The Bertz CT molecular complexity index is 1020. The highest BCUT2D eigenvalue weighted by Crippen LogP contribution is 2.22. The van der Waals surface area contributed by atoms with Gasteiger partial charge in [-0.1, -0.05) is 19.1 Å². The third-order valence-electron chi connectivity index (χ3n) is 3.90. The Balaban J connectivity index is 2.03. The summed E-state index contributed by atoms with van der Waals surface area (Å²) in [6.45, 7) is 2.03. The van der Waals surface area contributed by atoms with Gasteiger partial charge in [0.2, 0.25) is 5.56 Å². The average molecular weight is 337 g/mol. The molecule has 0 aliphatic rings. The average Bonchev–Trinajstić information content (AvgIpc) is 2.61. The number of benzene rings is 2. The molecule has 7 heteroatoms. The molecule has 0 saturated carbocycles. The standard InChI is InChI=1S/C18H15N3O4/c1-2-11-3-5-12(6-4-11)19-18(23)15-10-17(22)20-16-8-7-13(21(24)25)9-14(15)16/h3-10H,2H2,1H3,(H,19,23)(H,20,22). The highest BCUT2D eigenvalue weighted by molar-refractivity contribution is 6.12. The number of nitro benzene ring substituents is 1. The van der Waals surface area contributed by atoms with Gasteiger partial charge < -0.3 is 10.3 Å². The lowest BCUT2D eigenvalue weighted by Gasteiger charge is -2.08. The van der Waals surface area contributed by atoms with Crippen molar-refractivity contribution in [1.82, 2.24) is 4.98 Å². The first-order chi connectivity index (χ1) is 12.0. The van der Waals surface area contributed by atoms with Crippen molar-refractivity contribution in [3.8, 4) is 0 Å². The Morgan fingerprint density at radius 2 is 1.88 bits per heavy atom. The van der Waals surface area contributed by atoms with Gasteiger partial charge in [0.1, 0.15) is 0 Å². The number of fused-ring (bicyclic) bond motifs is 1. The molecule has 0 saturated heterocycles. The first-order valence-corrected chi connectivity index (χ1v) is 7.69. The molecule has 0 bridgehead atoms. The van der Waals surface area contributed by atoms with Gasteiger partial charge in [0.05, 0.1) is 10.5 Å². The number of carbonyl (C=O) groups is 1. The summed E-state index contributed by atoms with van der Waals surface area (Å²) in [6, 6.07) is 12.5. The molecule has 0 aliphatic carbocycles. The molecule has 2 N–H and O–H groups in total. The molecule has 1 aromatic heterocycles. The SMILES string of the molecule is CCc1ccc(NC(=O)c2cc(=O)[nH]c3ccc([N+](=O)[O-])cc23)cc1. The molecule has 3 aromatic rings. The second-order valence-corrected chi connectivity index (χ2v) is 5.54. The summed E-state index contributed by atoms with van der Waals surface area (Å²) < 4.78 is 0. The molecule has 0 atom stereocenters. The fourth-order valence-corrected chi connectivity index (χ4v) is 2.57. The van der Waals surface area contributed by atoms with Crippen molar-refractivity contribution in [3.63, 3.8) is 0 Å². The monoisotopic (exact) mass is 337 g/mol. The van der Waals surface area contributed by atoms with Crippen LogP contribution in [0.25, 0.3) is 10.9 Å². The van der Waals surface area contributed by atoms with E-state index in [1.54, 1.807) is 12.1 Å². The highest BCUT2D eigenvalue weighted by atomic mass is 16.6. The number of anilines is 1. The van der Waals surface area contributed by atoms with Gasteiger partial charge in [-0.25, -0.2) is 0 Å². The van der Waals surface area contributed by atoms with Crippen LogP contribution in [0.3, 0.4) is 0 Å². The summed E-state index contributed by atoms with van der Waals surface area (Å²) in [5.41, 5.74) is 1.57. The largest absolute Gasteiger partial charge is 0.322 e. The molecule has 2 aromatic carbocycles. The van der Waals surface area contributed by atoms with Gasteiger partial charge in [-0.05, 0) is 30.2 Å². The van der Waals surface area contributed by atoms with E-state index in [1.807, 2.05) is 19.1 Å². The van der Waals surface area contributed by atoms with Crippen molar-refractivity contribution in [2.24, 2.45) is 0 Å². The van der Waals surface area contributed by atoms with Crippen LogP contribution in [0, 0.1) is 10.1 Å². The number of nitrogens with one attached hydrogen (secondary N) is 2. The molecule has 1 amide bonds. The minimum Gasteiger partial charge on any atom is -0.322 e. The van der Waals surface area contributed by atoms with Gasteiger partial charge in [-0.15, -0.1) is 0 Å². The molecule has 0 aliphatic heterocycles. The fourth-order valence-electron chi connectivity index (χ4n) is 2.57. The topological polar surface area (TPSA) is 105 Å². The zero-order valence-corrected chi connectivity index (χ0v) is 13.4. The van der Waals surface area contributed by atoms with Crippen molar-refractivity contribution < 1.29 is 9.72 Å². The number of nitro groups is 1. The lowest BCUT2D eigenvalue weighted by molar-refractivity contribution is -0.384. The first kappa shape index (κ1) is 16.4. The van der Waals surface area contributed by atoms with E-state index < -0.39 is 16.4 Å². The van der Waals surface area contributed by atoms with Crippen LogP contribution < -0.4 is 10.9 Å². The summed E-state index contributed by atoms with van der Waals surface area (Å²) in [5.74, 6) is -0.499. The summed E-state index contributed by atoms with van der Waals surface area (Å²) in [4.78, 5) is 37.4. The third-order valence-corrected chi connectivity index (χ3v) is 3.90. The van der Waals surface area contributed by atoms with Gasteiger partial charge in [-0.3, -0.25) is 19.7 Å². The summed E-state index contributed by atoms with van der Waals surface area (Å²) in [6.07, 6.45) is 0.886. The third kappa shape index (κ3) is 3.40. The van der Waals surface area contributed by atoms with Gasteiger partial charge in [0.15, 0.2) is 0 Å². The van der Waals surface area contributed by atoms with Crippen molar-refractivity contribution in [3.05, 3.63) is 80.1 Å². The maximum absolute atomic E-state index is 12.6. The Morgan fingerprint density at radius 1 is 1.16 bits per heavy atom. The summed E-state index contributed by atoms with van der Waals surface area (Å²) in [5, 5.41) is 14.0. The van der Waals surface area contributed by atoms with Gasteiger partial charge >= 0.3 is 0 Å². The van der Waals surface area contributed by atoms with E-state index in [9.17, 15) is 19.7 Å². The smallest absolute Gasteiger partial charge is 0.270 e. The number of hydrogen-bond donors (Lipinski definition) is 2. The van der Waals surface area contributed by atoms with E-state index in [1.165, 1.54) is 18.2 Å². The first-order valence-electron chi connectivity index (χ1n) is 7.69. The van der Waals surface area contributed by atoms with Crippen molar-refractivity contribution in [1.29, 1.82) is 0 Å². The number of aromatic amines is 1. The predicted molar refractivity (Wildman–Crippen MR) is 95.0 cm³/mol. The Hall–Kier alpha value is -3.48. The van der Waals surface area contributed by atoms with Crippen molar-refractivity contribution in [2.45, 2.75) is 13.3 Å². The van der Waals surface area contributed by atoms with E-state index in [0.29, 0.717) is 16.6 Å². The van der Waals surface area contributed by atoms with Crippen molar-refractivity contribution >= 4 is 28.2 Å². The quantitative estimate of drug-likeness (QED) is 0.563. The Morgan fingerprint density at radius 3 is 2.52 bits per heavy atom. The van der Waals surface area contributed by atoms with Crippen molar-refractivity contribution in [2.75, 3.05) is 5.32 Å². The molecule has 1 heterocycles. The lowest BCUT2D eigenvalue weighted by atomic mass is 10.1. The minimum atomic E-state index is -0.546. The lowest BCUT2D eigenvalue weighted by Crippen LogP contribution is -2.17. The molecule has 0 fully saturated rings. The van der Waals surface area contributed by atoms with E-state index >= 15 is 0 Å². The molecule has 7 nitrogen and oxygen atoms in total. The van der Waals surface area contributed by atoms with Gasteiger partial charge in [0, 0.05) is 34.8 Å². The normalized spacial score (nSPS) is 10.6. The van der Waals surface area contributed by atoms with Gasteiger partial charge in [0.25, 0.3) is 11.6 Å². The van der Waals surface area contributed by atoms with Crippen LogP contribution in [-0.2, 0) is 6.42 Å². The number of pyridine rings is 1. The van der Waals surface area contributed by atoms with E-state index in [0.717, 1.165) is 18.1 Å². The number of aromatic nitrogens is 1. The predicted octanol–water partition coefficient (Wildman–Crippen LogP) is 3.25. The van der Waals surface area contributed by atoms with Crippen LogP contribution in [0.4, 0.5) is 11.4 Å². The Labute approximate surface area is 142 Å². The van der Waals surface area contributed by atoms with Crippen LogP contribution in [0.2, 0.25) is 0 Å². The minimum absolute atomic E-state index is 0.0852. The zero-order valence-electron chi connectivity index (χ0n) is 13.4. The van der Waals surface area contributed by atoms with Crippen LogP contribution in [0.1, 0.15) is 22.8 Å². The number of aryl methyl sites for hydroxylation is 1. The molecule has 0 radical (unpaired) electrons. The Kier molecular flexibility index (Phi) is 4.30. The van der Waals surface area contributed by atoms with Crippen LogP contribution >= 0.6 is 0 Å². The number of nitrogens with zero attached hydrogens (tertiary/aromatic N) is 1. The summed E-state index contributed by atoms with van der Waals surface area (Å²) >= 11 is 0. The molecular formula is C18H15N3O4. The van der Waals surface area contributed by atoms with E-state index in [4.69, 9.17) is 0 Å². The number of non-ortho nitro benzene ring substituents is 1. The van der Waals surface area contributed by atoms with E-state index in [2.05, 4.69) is 10.3 Å². The second kappa shape index (κ2) is 6.56. The van der Waals surface area contributed by atoms with Gasteiger partial charge in [-0.2, -0.15) is 0 Å². The van der Waals surface area contributed by atoms with Crippen LogP contribution in [0.5, 0.6) is 0 Å². The zero-order chi connectivity index (χ0) is 18.0. The number of rotatable bonds is 4. The second-order valence-electron chi connectivity index (χ2n) is 5.54. The highest BCUT2D eigenvalue weighted by Gasteiger charge is 2.15. The molecule has 0 unspecified atom stereocenters. The molecule has 25 heavy (non-hydrogen) atoms. The van der Waals surface area contributed by atoms with Crippen LogP contribution in [0.15, 0.2) is 53.3 Å².